The largest absolute Gasteiger partial charge is 0.346 e. The molecule has 0 aromatic rings. The van der Waals surface area contributed by atoms with Crippen LogP contribution in [0.4, 0.5) is 0 Å². The highest BCUT2D eigenvalue weighted by Crippen LogP contribution is 2.12. The van der Waals surface area contributed by atoms with Gasteiger partial charge in [0.25, 0.3) is 0 Å². The Morgan fingerprint density at radius 3 is 1.91 bits per heavy atom. The van der Waals surface area contributed by atoms with Gasteiger partial charge in [0.1, 0.15) is 5.78 Å². The molecule has 1 atom stereocenters. The van der Waals surface area contributed by atoms with Crippen molar-refractivity contribution in [1.82, 2.24) is 4.90 Å². The van der Waals surface area contributed by atoms with Gasteiger partial charge in [-0.2, -0.15) is 0 Å². The lowest BCUT2D eigenvalue weighted by Crippen LogP contribution is -2.28. The first-order valence-electron chi connectivity index (χ1n) is 9.65. The summed E-state index contributed by atoms with van der Waals surface area (Å²) in [4.78, 5) is 25.4. The predicted octanol–water partition coefficient (Wildman–Crippen LogP) is 5.23. The average Bonchev–Trinajstić information content (AvgIpc) is 2.53. The first kappa shape index (κ1) is 22.1. The monoisotopic (exact) mass is 325 g/mol. The van der Waals surface area contributed by atoms with Crippen molar-refractivity contribution in [2.45, 2.75) is 91.9 Å². The summed E-state index contributed by atoms with van der Waals surface area (Å²) < 4.78 is 0. The van der Waals surface area contributed by atoms with Gasteiger partial charge >= 0.3 is 0 Å². The van der Waals surface area contributed by atoms with Gasteiger partial charge in [-0.1, -0.05) is 59.8 Å². The van der Waals surface area contributed by atoms with Crippen LogP contribution in [-0.2, 0) is 9.59 Å². The van der Waals surface area contributed by atoms with Crippen LogP contribution < -0.4 is 0 Å². The SMILES string of the molecule is CCC(C)CCN(C)C(=O)CCCCCCCCC(=O)C(C)C. The molecule has 0 N–H and O–H groups in total. The second kappa shape index (κ2) is 13.6. The van der Waals surface area contributed by atoms with E-state index in [1.807, 2.05) is 25.8 Å². The maximum atomic E-state index is 12.0. The Bertz CT molecular complexity index is 326. The number of carbonyl (C=O) groups is 2. The molecule has 0 saturated carbocycles. The number of carbonyl (C=O) groups excluding carboxylic acids is 2. The molecule has 3 heteroatoms. The van der Waals surface area contributed by atoms with Gasteiger partial charge in [-0.05, 0) is 25.2 Å². The van der Waals surface area contributed by atoms with Gasteiger partial charge in [0, 0.05) is 32.4 Å². The third-order valence-electron chi connectivity index (χ3n) is 4.79. The summed E-state index contributed by atoms with van der Waals surface area (Å²) in [6.07, 6.45) is 10.4. The molecular formula is C20H39NO2. The first-order valence-corrected chi connectivity index (χ1v) is 9.65. The lowest BCUT2D eigenvalue weighted by atomic mass is 10.0. The fourth-order valence-corrected chi connectivity index (χ4v) is 2.50. The van der Waals surface area contributed by atoms with Gasteiger partial charge in [0.05, 0.1) is 0 Å². The minimum absolute atomic E-state index is 0.179. The molecule has 136 valence electrons. The summed E-state index contributed by atoms with van der Waals surface area (Å²) in [6, 6.07) is 0. The van der Waals surface area contributed by atoms with E-state index in [4.69, 9.17) is 0 Å². The van der Waals surface area contributed by atoms with Gasteiger partial charge in [0.2, 0.25) is 5.91 Å². The molecule has 0 saturated heterocycles. The Morgan fingerprint density at radius 1 is 0.870 bits per heavy atom. The van der Waals surface area contributed by atoms with E-state index in [1.165, 1.54) is 19.3 Å². The molecule has 23 heavy (non-hydrogen) atoms. The molecule has 0 aromatic carbocycles. The second-order valence-corrected chi connectivity index (χ2v) is 7.36. The minimum Gasteiger partial charge on any atom is -0.346 e. The maximum absolute atomic E-state index is 12.0. The Labute approximate surface area is 144 Å². The summed E-state index contributed by atoms with van der Waals surface area (Å²) >= 11 is 0. The predicted molar refractivity (Wildman–Crippen MR) is 98.5 cm³/mol. The van der Waals surface area contributed by atoms with Gasteiger partial charge in [-0.25, -0.2) is 0 Å². The van der Waals surface area contributed by atoms with Gasteiger partial charge in [-0.3, -0.25) is 9.59 Å². The third-order valence-corrected chi connectivity index (χ3v) is 4.79. The lowest BCUT2D eigenvalue weighted by molar-refractivity contribution is -0.130. The van der Waals surface area contributed by atoms with Crippen LogP contribution in [0.15, 0.2) is 0 Å². The number of nitrogens with zero attached hydrogens (tertiary/aromatic N) is 1. The molecular weight excluding hydrogens is 286 g/mol. The fourth-order valence-electron chi connectivity index (χ4n) is 2.50. The summed E-state index contributed by atoms with van der Waals surface area (Å²) in [6.45, 7) is 9.27. The number of rotatable bonds is 14. The zero-order chi connectivity index (χ0) is 17.7. The Balaban J connectivity index is 3.50. The van der Waals surface area contributed by atoms with E-state index in [0.29, 0.717) is 18.1 Å². The number of hydrogen-bond donors (Lipinski definition) is 0. The van der Waals surface area contributed by atoms with Crippen molar-refractivity contribution in [3.05, 3.63) is 0 Å². The van der Waals surface area contributed by atoms with Crippen LogP contribution >= 0.6 is 0 Å². The number of hydrogen-bond acceptors (Lipinski definition) is 2. The quantitative estimate of drug-likeness (QED) is 0.410. The van der Waals surface area contributed by atoms with E-state index >= 15 is 0 Å². The van der Waals surface area contributed by atoms with E-state index in [1.54, 1.807) is 0 Å². The highest BCUT2D eigenvalue weighted by atomic mass is 16.2. The fraction of sp³-hybridized carbons (Fsp3) is 0.900. The molecule has 0 spiro atoms. The molecule has 0 aliphatic rings. The van der Waals surface area contributed by atoms with Gasteiger partial charge in [0.15, 0.2) is 0 Å². The van der Waals surface area contributed by atoms with Crippen LogP contribution in [0.3, 0.4) is 0 Å². The first-order chi connectivity index (χ1) is 10.9. The molecule has 0 heterocycles. The molecule has 3 nitrogen and oxygen atoms in total. The van der Waals surface area contributed by atoms with Crippen molar-refractivity contribution >= 4 is 11.7 Å². The zero-order valence-electron chi connectivity index (χ0n) is 16.2. The van der Waals surface area contributed by atoms with E-state index in [-0.39, 0.29) is 11.8 Å². The Morgan fingerprint density at radius 2 is 1.39 bits per heavy atom. The van der Waals surface area contributed by atoms with E-state index < -0.39 is 0 Å². The maximum Gasteiger partial charge on any atom is 0.222 e. The summed E-state index contributed by atoms with van der Waals surface area (Å²) in [5, 5.41) is 0. The molecule has 0 aliphatic carbocycles. The normalized spacial score (nSPS) is 12.4. The molecule has 1 unspecified atom stereocenters. The summed E-state index contributed by atoms with van der Waals surface area (Å²) in [5.74, 6) is 1.55. The van der Waals surface area contributed by atoms with E-state index in [0.717, 1.165) is 45.1 Å². The highest BCUT2D eigenvalue weighted by Gasteiger charge is 2.09. The van der Waals surface area contributed by atoms with Crippen molar-refractivity contribution in [1.29, 1.82) is 0 Å². The van der Waals surface area contributed by atoms with Gasteiger partial charge in [-0.15, -0.1) is 0 Å². The second-order valence-electron chi connectivity index (χ2n) is 7.36. The third kappa shape index (κ3) is 12.3. The smallest absolute Gasteiger partial charge is 0.222 e. The molecule has 0 aromatic heterocycles. The molecule has 0 fully saturated rings. The minimum atomic E-state index is 0.179. The molecule has 1 amide bonds. The standard InChI is InChI=1S/C20H39NO2/c1-6-18(4)15-16-21(5)20(23)14-12-10-8-7-9-11-13-19(22)17(2)3/h17-18H,6-16H2,1-5H3. The van der Waals surface area contributed by atoms with Crippen molar-refractivity contribution in [3.63, 3.8) is 0 Å². The molecule has 0 rings (SSSR count). The Kier molecular flexibility index (Phi) is 13.1. The van der Waals surface area contributed by atoms with Crippen molar-refractivity contribution in [2.24, 2.45) is 11.8 Å². The number of ketones is 1. The summed E-state index contributed by atoms with van der Waals surface area (Å²) in [7, 11) is 1.93. The lowest BCUT2D eigenvalue weighted by Gasteiger charge is -2.19. The molecule has 0 bridgehead atoms. The zero-order valence-corrected chi connectivity index (χ0v) is 16.2. The van der Waals surface area contributed by atoms with Crippen molar-refractivity contribution < 1.29 is 9.59 Å². The average molecular weight is 326 g/mol. The number of Topliss-reactive ketones (excluding diaryl/α,β-unsaturated/α-hetero) is 1. The molecule has 0 radical (unpaired) electrons. The van der Waals surface area contributed by atoms with Crippen molar-refractivity contribution in [3.8, 4) is 0 Å². The summed E-state index contributed by atoms with van der Waals surface area (Å²) in [5.41, 5.74) is 0. The number of unbranched alkanes of at least 4 members (excludes halogenated alkanes) is 5. The van der Waals surface area contributed by atoms with Gasteiger partial charge < -0.3 is 4.90 Å². The van der Waals surface area contributed by atoms with E-state index in [9.17, 15) is 9.59 Å². The highest BCUT2D eigenvalue weighted by molar-refractivity contribution is 5.80. The van der Waals surface area contributed by atoms with E-state index in [2.05, 4.69) is 13.8 Å². The van der Waals surface area contributed by atoms with Crippen molar-refractivity contribution in [2.75, 3.05) is 13.6 Å². The van der Waals surface area contributed by atoms with Crippen LogP contribution in [0.5, 0.6) is 0 Å². The number of amides is 1. The van der Waals surface area contributed by atoms with Crippen LogP contribution in [0.1, 0.15) is 91.9 Å². The van der Waals surface area contributed by atoms with Crippen LogP contribution in [0, 0.1) is 11.8 Å². The Hall–Kier alpha value is -0.860. The topological polar surface area (TPSA) is 37.4 Å². The van der Waals surface area contributed by atoms with Crippen LogP contribution in [0.25, 0.3) is 0 Å². The molecule has 0 aliphatic heterocycles. The van der Waals surface area contributed by atoms with Crippen LogP contribution in [-0.4, -0.2) is 30.2 Å². The van der Waals surface area contributed by atoms with Crippen LogP contribution in [0.2, 0.25) is 0 Å².